The largest absolute Gasteiger partial charge is 0.486 e. The summed E-state index contributed by atoms with van der Waals surface area (Å²) < 4.78 is 20.7. The van der Waals surface area contributed by atoms with E-state index >= 15 is 0 Å². The van der Waals surface area contributed by atoms with Crippen molar-refractivity contribution in [2.75, 3.05) is 4.90 Å². The number of benzene rings is 3. The highest BCUT2D eigenvalue weighted by Crippen LogP contribution is 2.36. The summed E-state index contributed by atoms with van der Waals surface area (Å²) in [4.78, 5) is 38.9. The van der Waals surface area contributed by atoms with Crippen LogP contribution in [-0.2, 0) is 16.2 Å². The van der Waals surface area contributed by atoms with E-state index in [1.54, 1.807) is 49.4 Å². The van der Waals surface area contributed by atoms with Crippen molar-refractivity contribution in [2.45, 2.75) is 13.5 Å². The molecule has 4 amide bonds. The van der Waals surface area contributed by atoms with Gasteiger partial charge in [-0.1, -0.05) is 35.9 Å². The first-order valence-corrected chi connectivity index (χ1v) is 12.1. The van der Waals surface area contributed by atoms with Gasteiger partial charge in [0.05, 0.1) is 14.6 Å². The van der Waals surface area contributed by atoms with Crippen molar-refractivity contribution in [1.29, 1.82) is 0 Å². The van der Waals surface area contributed by atoms with Crippen LogP contribution in [0.1, 0.15) is 16.7 Å². The van der Waals surface area contributed by atoms with Crippen LogP contribution >= 0.6 is 43.5 Å². The highest BCUT2D eigenvalue weighted by molar-refractivity contribution is 9.11. The Morgan fingerprint density at radius 3 is 2.40 bits per heavy atom. The lowest BCUT2D eigenvalue weighted by atomic mass is 10.1. The third kappa shape index (κ3) is 5.32. The van der Waals surface area contributed by atoms with Crippen molar-refractivity contribution >= 4 is 73.1 Å². The van der Waals surface area contributed by atoms with Crippen molar-refractivity contribution < 1.29 is 23.5 Å². The van der Waals surface area contributed by atoms with Crippen LogP contribution in [0.25, 0.3) is 6.08 Å². The molecule has 10 heteroatoms. The summed E-state index contributed by atoms with van der Waals surface area (Å²) in [5.74, 6) is -1.56. The zero-order chi connectivity index (χ0) is 25.3. The van der Waals surface area contributed by atoms with E-state index in [0.29, 0.717) is 30.8 Å². The molecule has 1 aliphatic rings. The quantitative estimate of drug-likeness (QED) is 0.259. The van der Waals surface area contributed by atoms with Crippen molar-refractivity contribution in [3.05, 3.63) is 96.6 Å². The number of ether oxygens (including phenoxy) is 1. The summed E-state index contributed by atoms with van der Waals surface area (Å²) >= 11 is 13.0. The lowest BCUT2D eigenvalue weighted by Crippen LogP contribution is -2.54. The fourth-order valence-electron chi connectivity index (χ4n) is 3.35. The Hall–Kier alpha value is -3.01. The maximum absolute atomic E-state index is 13.9. The maximum Gasteiger partial charge on any atom is 0.335 e. The molecular formula is C25H16Br2ClFN2O4. The lowest BCUT2D eigenvalue weighted by molar-refractivity contribution is -0.122. The highest BCUT2D eigenvalue weighted by Gasteiger charge is 2.37. The molecule has 0 radical (unpaired) electrons. The summed E-state index contributed by atoms with van der Waals surface area (Å²) in [7, 11) is 0. The molecule has 0 aromatic heterocycles. The average molecular weight is 623 g/mol. The minimum atomic E-state index is -0.865. The summed E-state index contributed by atoms with van der Waals surface area (Å²) in [6.45, 7) is 1.79. The predicted molar refractivity (Wildman–Crippen MR) is 138 cm³/mol. The number of carbonyl (C=O) groups excluding carboxylic acids is 3. The number of nitrogens with one attached hydrogen (secondary N) is 1. The number of rotatable bonds is 5. The van der Waals surface area contributed by atoms with Gasteiger partial charge in [-0.15, -0.1) is 0 Å². The molecule has 0 aliphatic carbocycles. The summed E-state index contributed by atoms with van der Waals surface area (Å²) in [5, 5.41) is 2.56. The fraction of sp³-hybridized carbons (Fsp3) is 0.0800. The lowest BCUT2D eigenvalue weighted by Gasteiger charge is -2.26. The van der Waals surface area contributed by atoms with Gasteiger partial charge in [0, 0.05) is 10.6 Å². The van der Waals surface area contributed by atoms with E-state index in [0.717, 1.165) is 10.5 Å². The first-order valence-electron chi connectivity index (χ1n) is 10.2. The second kappa shape index (κ2) is 10.3. The van der Waals surface area contributed by atoms with Gasteiger partial charge < -0.3 is 4.74 Å². The third-order valence-corrected chi connectivity index (χ3v) is 6.76. The van der Waals surface area contributed by atoms with Crippen molar-refractivity contribution in [3.63, 3.8) is 0 Å². The monoisotopic (exact) mass is 620 g/mol. The number of anilines is 1. The molecule has 1 heterocycles. The van der Waals surface area contributed by atoms with E-state index in [9.17, 15) is 18.8 Å². The Labute approximate surface area is 222 Å². The molecular weight excluding hydrogens is 607 g/mol. The van der Waals surface area contributed by atoms with Gasteiger partial charge in [0.1, 0.15) is 23.7 Å². The molecule has 3 aromatic carbocycles. The summed E-state index contributed by atoms with van der Waals surface area (Å²) in [5.41, 5.74) is 1.65. The van der Waals surface area contributed by atoms with Gasteiger partial charge >= 0.3 is 6.03 Å². The van der Waals surface area contributed by atoms with Crippen LogP contribution in [-0.4, -0.2) is 17.8 Å². The van der Waals surface area contributed by atoms with Crippen LogP contribution < -0.4 is 15.0 Å². The number of nitrogens with zero attached hydrogens (tertiary/aromatic N) is 1. The number of hydrogen-bond acceptors (Lipinski definition) is 4. The van der Waals surface area contributed by atoms with Crippen molar-refractivity contribution in [2.24, 2.45) is 0 Å². The van der Waals surface area contributed by atoms with Crippen molar-refractivity contribution in [3.8, 4) is 5.75 Å². The summed E-state index contributed by atoms with van der Waals surface area (Å²) in [6.07, 6.45) is 1.36. The number of urea groups is 1. The molecule has 0 spiro atoms. The Morgan fingerprint density at radius 2 is 1.74 bits per heavy atom. The van der Waals surface area contributed by atoms with E-state index in [4.69, 9.17) is 16.3 Å². The van der Waals surface area contributed by atoms with Gasteiger partial charge in [-0.05, 0) is 86.3 Å². The second-order valence-electron chi connectivity index (χ2n) is 7.59. The molecule has 4 rings (SSSR count). The van der Waals surface area contributed by atoms with Gasteiger partial charge in [0.25, 0.3) is 11.8 Å². The van der Waals surface area contributed by atoms with Crippen LogP contribution in [0, 0.1) is 12.7 Å². The van der Waals surface area contributed by atoms with Gasteiger partial charge in [0.2, 0.25) is 0 Å². The molecule has 6 nitrogen and oxygen atoms in total. The van der Waals surface area contributed by atoms with Gasteiger partial charge in [-0.3, -0.25) is 14.9 Å². The Morgan fingerprint density at radius 1 is 1.06 bits per heavy atom. The zero-order valence-electron chi connectivity index (χ0n) is 18.1. The van der Waals surface area contributed by atoms with E-state index in [2.05, 4.69) is 37.2 Å². The fourth-order valence-corrected chi connectivity index (χ4v) is 4.97. The Bertz CT molecular complexity index is 1390. The molecule has 0 unspecified atom stereocenters. The average Bonchev–Trinajstić information content (AvgIpc) is 2.79. The highest BCUT2D eigenvalue weighted by atomic mass is 79.9. The van der Waals surface area contributed by atoms with Crippen LogP contribution in [0.5, 0.6) is 5.75 Å². The molecule has 0 bridgehead atoms. The molecule has 3 aromatic rings. The number of barbiturate groups is 1. The normalized spacial score (nSPS) is 14.9. The van der Waals surface area contributed by atoms with E-state index in [1.165, 1.54) is 18.2 Å². The van der Waals surface area contributed by atoms with Crippen LogP contribution in [0.15, 0.2) is 69.1 Å². The van der Waals surface area contributed by atoms with Crippen molar-refractivity contribution in [1.82, 2.24) is 5.32 Å². The van der Waals surface area contributed by atoms with Crippen LogP contribution in [0.3, 0.4) is 0 Å². The second-order valence-corrected chi connectivity index (χ2v) is 9.70. The molecule has 1 N–H and O–H groups in total. The summed E-state index contributed by atoms with van der Waals surface area (Å²) in [6, 6.07) is 13.4. The number of carbonyl (C=O) groups is 3. The molecule has 0 atom stereocenters. The standard InChI is InChI=1S/C25H16Br2ClFN2O4/c1-13-6-7-16(11-20(13)28)31-24(33)17(23(32)30-25(31)34)8-14-9-18(26)22(19(27)10-14)35-12-15-4-2-3-5-21(15)29/h2-11H,12H2,1H3,(H,30,32,34)/b17-8-. The number of imide groups is 2. The molecule has 1 saturated heterocycles. The van der Waals surface area contributed by atoms with E-state index in [1.807, 2.05) is 0 Å². The van der Waals surface area contributed by atoms with Crippen LogP contribution in [0.2, 0.25) is 5.02 Å². The minimum Gasteiger partial charge on any atom is -0.486 e. The number of hydrogen-bond donors (Lipinski definition) is 1. The minimum absolute atomic E-state index is 0.00137. The number of aryl methyl sites for hydroxylation is 1. The first kappa shape index (κ1) is 25.1. The first-order chi connectivity index (χ1) is 16.7. The molecule has 0 saturated carbocycles. The van der Waals surface area contributed by atoms with Crippen LogP contribution in [0.4, 0.5) is 14.9 Å². The van der Waals surface area contributed by atoms with Gasteiger partial charge in [-0.2, -0.15) is 0 Å². The maximum atomic E-state index is 13.9. The molecule has 1 fully saturated rings. The smallest absolute Gasteiger partial charge is 0.335 e. The Balaban J connectivity index is 1.62. The Kier molecular flexibility index (Phi) is 7.39. The van der Waals surface area contributed by atoms with E-state index in [-0.39, 0.29) is 23.7 Å². The third-order valence-electron chi connectivity index (χ3n) is 5.18. The predicted octanol–water partition coefficient (Wildman–Crippen LogP) is 6.56. The zero-order valence-corrected chi connectivity index (χ0v) is 22.0. The molecule has 35 heavy (non-hydrogen) atoms. The topological polar surface area (TPSA) is 75.7 Å². The van der Waals surface area contributed by atoms with Gasteiger partial charge in [0.15, 0.2) is 0 Å². The SMILES string of the molecule is Cc1ccc(N2C(=O)NC(=O)/C(=C/c3cc(Br)c(OCc4ccccc4F)c(Br)c3)C2=O)cc1Cl. The molecule has 1 aliphatic heterocycles. The van der Waals surface area contributed by atoms with Gasteiger partial charge in [-0.25, -0.2) is 14.1 Å². The number of amides is 4. The van der Waals surface area contributed by atoms with E-state index < -0.39 is 17.8 Å². The number of halogens is 4. The molecule has 178 valence electrons.